The molecule has 1 atom stereocenters. The lowest BCUT2D eigenvalue weighted by atomic mass is 9.97. The second-order valence-corrected chi connectivity index (χ2v) is 8.85. The number of carbonyl (C=O) groups is 2. The van der Waals surface area contributed by atoms with Crippen LogP contribution in [-0.4, -0.2) is 40.4 Å². The number of ether oxygens (including phenoxy) is 1. The Kier molecular flexibility index (Phi) is 7.07. The van der Waals surface area contributed by atoms with E-state index < -0.39 is 12.0 Å². The van der Waals surface area contributed by atoms with Crippen LogP contribution in [0.1, 0.15) is 69.7 Å². The standard InChI is InChI=1S/C26H31N5O4/c1-15-13-16(23-22(25(28)33)24(27)31(30-23)17-7-3-4-8-17)11-12-18(15)20(32)14-29-26(34)19-9-5-6-10-21(19)35-2/h5-6,9-13,17,20,32H,3-4,7-8,14,27H2,1-2H3,(H2,28,33)(H,29,34). The molecule has 0 radical (unpaired) electrons. The van der Waals surface area contributed by atoms with Gasteiger partial charge in [0.25, 0.3) is 11.8 Å². The van der Waals surface area contributed by atoms with Gasteiger partial charge in [0.15, 0.2) is 0 Å². The van der Waals surface area contributed by atoms with Gasteiger partial charge in [-0.05, 0) is 49.1 Å². The third-order valence-corrected chi connectivity index (χ3v) is 6.57. The number of carbonyl (C=O) groups excluding carboxylic acids is 2. The lowest BCUT2D eigenvalue weighted by molar-refractivity contribution is 0.0912. The normalized spacial score (nSPS) is 14.6. The molecular weight excluding hydrogens is 446 g/mol. The van der Waals surface area contributed by atoms with E-state index >= 15 is 0 Å². The molecule has 184 valence electrons. The lowest BCUT2D eigenvalue weighted by Crippen LogP contribution is -2.29. The summed E-state index contributed by atoms with van der Waals surface area (Å²) >= 11 is 0. The molecule has 0 aliphatic heterocycles. The highest BCUT2D eigenvalue weighted by atomic mass is 16.5. The fourth-order valence-electron chi connectivity index (χ4n) is 4.74. The van der Waals surface area contributed by atoms with Gasteiger partial charge < -0.3 is 26.6 Å². The SMILES string of the molecule is COc1ccccc1C(=O)NCC(O)c1ccc(-c2nn(C3CCCC3)c(N)c2C(N)=O)cc1C. The summed E-state index contributed by atoms with van der Waals surface area (Å²) in [4.78, 5) is 24.8. The van der Waals surface area contributed by atoms with Gasteiger partial charge in [0.1, 0.15) is 22.8 Å². The summed E-state index contributed by atoms with van der Waals surface area (Å²) in [6.45, 7) is 1.87. The maximum absolute atomic E-state index is 12.6. The van der Waals surface area contributed by atoms with E-state index in [1.807, 2.05) is 13.0 Å². The Morgan fingerprint density at radius 3 is 2.60 bits per heavy atom. The molecule has 6 N–H and O–H groups in total. The van der Waals surface area contributed by atoms with Gasteiger partial charge in [-0.2, -0.15) is 5.10 Å². The summed E-state index contributed by atoms with van der Waals surface area (Å²) < 4.78 is 6.96. The molecule has 2 aromatic carbocycles. The fraction of sp³-hybridized carbons (Fsp3) is 0.346. The van der Waals surface area contributed by atoms with Crippen LogP contribution in [0.3, 0.4) is 0 Å². The van der Waals surface area contributed by atoms with Crippen molar-refractivity contribution in [3.8, 4) is 17.0 Å². The van der Waals surface area contributed by atoms with Gasteiger partial charge in [0, 0.05) is 12.1 Å². The number of aliphatic hydroxyl groups is 1. The average Bonchev–Trinajstić information content (AvgIpc) is 3.50. The summed E-state index contributed by atoms with van der Waals surface area (Å²) in [5, 5.41) is 18.2. The Bertz CT molecular complexity index is 1250. The highest BCUT2D eigenvalue weighted by Gasteiger charge is 2.27. The summed E-state index contributed by atoms with van der Waals surface area (Å²) in [5.41, 5.74) is 15.1. The molecule has 3 aromatic rings. The first-order valence-corrected chi connectivity index (χ1v) is 11.7. The van der Waals surface area contributed by atoms with E-state index in [9.17, 15) is 14.7 Å². The molecule has 4 rings (SSSR count). The second-order valence-electron chi connectivity index (χ2n) is 8.85. The second kappa shape index (κ2) is 10.2. The zero-order valence-electron chi connectivity index (χ0n) is 20.0. The van der Waals surface area contributed by atoms with Crippen molar-refractivity contribution in [1.29, 1.82) is 0 Å². The Morgan fingerprint density at radius 1 is 1.23 bits per heavy atom. The lowest BCUT2D eigenvalue weighted by Gasteiger charge is -2.16. The van der Waals surface area contributed by atoms with E-state index in [2.05, 4.69) is 10.4 Å². The predicted octanol–water partition coefficient (Wildman–Crippen LogP) is 3.13. The van der Waals surface area contributed by atoms with Crippen LogP contribution >= 0.6 is 0 Å². The number of nitrogen functional groups attached to an aromatic ring is 1. The van der Waals surface area contributed by atoms with Crippen molar-refractivity contribution in [2.45, 2.75) is 44.8 Å². The summed E-state index contributed by atoms with van der Waals surface area (Å²) in [7, 11) is 1.50. The maximum atomic E-state index is 12.6. The van der Waals surface area contributed by atoms with Gasteiger partial charge >= 0.3 is 0 Å². The smallest absolute Gasteiger partial charge is 0.255 e. The Hall–Kier alpha value is -3.85. The minimum Gasteiger partial charge on any atom is -0.496 e. The monoisotopic (exact) mass is 477 g/mol. The van der Waals surface area contributed by atoms with E-state index in [4.69, 9.17) is 16.2 Å². The Morgan fingerprint density at radius 2 is 1.94 bits per heavy atom. The maximum Gasteiger partial charge on any atom is 0.255 e. The van der Waals surface area contributed by atoms with Crippen molar-refractivity contribution in [3.63, 3.8) is 0 Å². The molecule has 1 unspecified atom stereocenters. The molecule has 0 spiro atoms. The average molecular weight is 478 g/mol. The number of methoxy groups -OCH3 is 1. The molecule has 1 aromatic heterocycles. The topological polar surface area (TPSA) is 145 Å². The number of primary amides is 1. The van der Waals surface area contributed by atoms with Gasteiger partial charge in [0.05, 0.1) is 24.8 Å². The van der Waals surface area contributed by atoms with Crippen molar-refractivity contribution >= 4 is 17.6 Å². The molecule has 0 saturated heterocycles. The fourth-order valence-corrected chi connectivity index (χ4v) is 4.74. The van der Waals surface area contributed by atoms with Crippen LogP contribution < -0.4 is 21.5 Å². The third kappa shape index (κ3) is 4.85. The van der Waals surface area contributed by atoms with E-state index in [1.165, 1.54) is 7.11 Å². The number of aliphatic hydroxyl groups excluding tert-OH is 1. The number of rotatable bonds is 8. The van der Waals surface area contributed by atoms with Crippen LogP contribution in [0.2, 0.25) is 0 Å². The molecule has 9 heteroatoms. The van der Waals surface area contributed by atoms with Crippen molar-refractivity contribution < 1.29 is 19.4 Å². The quantitative estimate of drug-likeness (QED) is 0.392. The molecule has 1 fully saturated rings. The molecule has 0 bridgehead atoms. The Balaban J connectivity index is 1.54. The summed E-state index contributed by atoms with van der Waals surface area (Å²) in [6.07, 6.45) is 3.21. The minimum atomic E-state index is -0.931. The molecule has 2 amide bonds. The van der Waals surface area contributed by atoms with Crippen LogP contribution in [0, 0.1) is 6.92 Å². The first-order chi connectivity index (χ1) is 16.8. The Labute approximate surface area is 204 Å². The highest BCUT2D eigenvalue weighted by molar-refractivity contribution is 6.03. The van der Waals surface area contributed by atoms with Crippen molar-refractivity contribution in [2.75, 3.05) is 19.4 Å². The van der Waals surface area contributed by atoms with Gasteiger partial charge in [-0.3, -0.25) is 9.59 Å². The van der Waals surface area contributed by atoms with E-state index in [0.717, 1.165) is 31.2 Å². The number of amides is 2. The zero-order valence-corrected chi connectivity index (χ0v) is 20.0. The summed E-state index contributed by atoms with van der Waals surface area (Å²) in [5.74, 6) is -0.209. The van der Waals surface area contributed by atoms with Crippen molar-refractivity contribution in [3.05, 3.63) is 64.7 Å². The number of nitrogens with two attached hydrogens (primary N) is 2. The van der Waals surface area contributed by atoms with Gasteiger partial charge in [-0.15, -0.1) is 0 Å². The molecule has 1 heterocycles. The van der Waals surface area contributed by atoms with E-state index in [0.29, 0.717) is 34.0 Å². The van der Waals surface area contributed by atoms with Crippen molar-refractivity contribution in [2.24, 2.45) is 5.73 Å². The first kappa shape index (κ1) is 24.3. The van der Waals surface area contributed by atoms with Gasteiger partial charge in [-0.25, -0.2) is 4.68 Å². The molecule has 1 aliphatic rings. The van der Waals surface area contributed by atoms with E-state index in [1.54, 1.807) is 41.1 Å². The number of nitrogens with one attached hydrogen (secondary N) is 1. The zero-order chi connectivity index (χ0) is 25.1. The van der Waals surface area contributed by atoms with E-state index in [-0.39, 0.29) is 24.1 Å². The number of aryl methyl sites for hydroxylation is 1. The number of hydrogen-bond donors (Lipinski definition) is 4. The number of benzene rings is 2. The molecule has 9 nitrogen and oxygen atoms in total. The predicted molar refractivity (Wildman–Crippen MR) is 133 cm³/mol. The summed E-state index contributed by atoms with van der Waals surface area (Å²) in [6, 6.07) is 12.4. The van der Waals surface area contributed by atoms with Gasteiger partial charge in [0.2, 0.25) is 0 Å². The molecule has 1 aliphatic carbocycles. The molecule has 35 heavy (non-hydrogen) atoms. The first-order valence-electron chi connectivity index (χ1n) is 11.7. The van der Waals surface area contributed by atoms with Crippen molar-refractivity contribution in [1.82, 2.24) is 15.1 Å². The van der Waals surface area contributed by atoms with Crippen LogP contribution in [-0.2, 0) is 0 Å². The van der Waals surface area contributed by atoms with Crippen LogP contribution in [0.5, 0.6) is 5.75 Å². The highest BCUT2D eigenvalue weighted by Crippen LogP contribution is 2.36. The minimum absolute atomic E-state index is 0.0207. The third-order valence-electron chi connectivity index (χ3n) is 6.57. The van der Waals surface area contributed by atoms with Crippen LogP contribution in [0.15, 0.2) is 42.5 Å². The van der Waals surface area contributed by atoms with Crippen LogP contribution in [0.25, 0.3) is 11.3 Å². The molecule has 1 saturated carbocycles. The van der Waals surface area contributed by atoms with Gasteiger partial charge in [-0.1, -0.05) is 37.1 Å². The number of aromatic nitrogens is 2. The number of para-hydroxylation sites is 1. The number of nitrogens with zero attached hydrogens (tertiary/aromatic N) is 2. The molecular formula is C26H31N5O4. The number of anilines is 1. The number of hydrogen-bond acceptors (Lipinski definition) is 6. The van der Waals surface area contributed by atoms with Crippen LogP contribution in [0.4, 0.5) is 5.82 Å². The largest absolute Gasteiger partial charge is 0.496 e.